The Labute approximate surface area is 43.4 Å². The number of quaternary nitrogens is 1. The van der Waals surface area contributed by atoms with Gasteiger partial charge in [-0.15, -0.1) is 10.2 Å². The van der Waals surface area contributed by atoms with E-state index in [0.29, 0.717) is 4.76 Å². The third-order valence-corrected chi connectivity index (χ3v) is 1.01. The minimum atomic E-state index is 0.500. The maximum Gasteiger partial charge on any atom is 0.126 e. The summed E-state index contributed by atoms with van der Waals surface area (Å²) in [5.41, 5.74) is 3.11. The zero-order valence-corrected chi connectivity index (χ0v) is 4.77. The molecule has 0 aromatic rings. The largest absolute Gasteiger partial charge is 0.181 e. The van der Waals surface area contributed by atoms with Crippen LogP contribution in [0.1, 0.15) is 0 Å². The average molecular weight is 103 g/mol. The van der Waals surface area contributed by atoms with E-state index in [4.69, 9.17) is 4.84 Å². The molecule has 1 saturated heterocycles. The first-order valence-electron chi connectivity index (χ1n) is 2.44. The molecule has 7 heavy (non-hydrogen) atoms. The number of hydroxylamine groups is 2. The summed E-state index contributed by atoms with van der Waals surface area (Å²) in [5.74, 6) is 0. The molecule has 1 heterocycles. The van der Waals surface area contributed by atoms with Crippen molar-refractivity contribution in [2.45, 2.75) is 0 Å². The molecule has 3 heteroatoms. The Morgan fingerprint density at radius 3 is 2.43 bits per heavy atom. The summed E-state index contributed by atoms with van der Waals surface area (Å²) in [6, 6.07) is 0. The molecule has 1 N–H and O–H groups in total. The van der Waals surface area contributed by atoms with E-state index in [1.165, 1.54) is 0 Å². The normalized spacial score (nSPS) is 28.3. The molecule has 42 valence electrons. The third kappa shape index (κ3) is 1.12. The minimum absolute atomic E-state index is 0.500. The van der Waals surface area contributed by atoms with Crippen LogP contribution in [0, 0.1) is 0 Å². The van der Waals surface area contributed by atoms with E-state index < -0.39 is 0 Å². The lowest BCUT2D eigenvalue weighted by atomic mass is 10.8. The second-order valence-corrected chi connectivity index (χ2v) is 2.09. The van der Waals surface area contributed by atoms with E-state index in [2.05, 4.69) is 5.43 Å². The highest BCUT2D eigenvalue weighted by atomic mass is 16.8. The zero-order valence-electron chi connectivity index (χ0n) is 4.77. The van der Waals surface area contributed by atoms with Gasteiger partial charge in [0.2, 0.25) is 0 Å². The fraction of sp³-hybridized carbons (Fsp3) is 1.00. The van der Waals surface area contributed by atoms with Crippen molar-refractivity contribution in [1.29, 1.82) is 0 Å². The summed E-state index contributed by atoms with van der Waals surface area (Å²) < 4.78 is 0.500. The van der Waals surface area contributed by atoms with Crippen LogP contribution in [0.5, 0.6) is 0 Å². The second kappa shape index (κ2) is 1.43. The number of rotatable bonds is 0. The lowest BCUT2D eigenvalue weighted by molar-refractivity contribution is -1.09. The molecule has 1 fully saturated rings. The molecular weight excluding hydrogens is 92.1 g/mol. The lowest BCUT2D eigenvalue weighted by Crippen LogP contribution is -2.44. The lowest BCUT2D eigenvalue weighted by Gasteiger charge is -2.16. The number of nitrogens with one attached hydrogen (secondary N) is 1. The van der Waals surface area contributed by atoms with Crippen LogP contribution < -0.4 is 5.43 Å². The van der Waals surface area contributed by atoms with Crippen molar-refractivity contribution in [1.82, 2.24) is 5.43 Å². The van der Waals surface area contributed by atoms with Crippen molar-refractivity contribution >= 4 is 0 Å². The van der Waals surface area contributed by atoms with Crippen LogP contribution in [-0.2, 0) is 4.84 Å². The van der Waals surface area contributed by atoms with Crippen molar-refractivity contribution < 1.29 is 9.59 Å². The van der Waals surface area contributed by atoms with Crippen LogP contribution >= 0.6 is 0 Å². The van der Waals surface area contributed by atoms with Crippen LogP contribution in [-0.4, -0.2) is 32.0 Å². The molecule has 0 amide bonds. The van der Waals surface area contributed by atoms with Gasteiger partial charge >= 0.3 is 0 Å². The predicted molar refractivity (Wildman–Crippen MR) is 26.1 cm³/mol. The highest BCUT2D eigenvalue weighted by molar-refractivity contribution is 4.31. The molecule has 0 spiro atoms. The van der Waals surface area contributed by atoms with Crippen LogP contribution in [0.25, 0.3) is 0 Å². The van der Waals surface area contributed by atoms with Gasteiger partial charge in [0.15, 0.2) is 0 Å². The minimum Gasteiger partial charge on any atom is -0.181 e. The molecule has 0 unspecified atom stereocenters. The Kier molecular flexibility index (Phi) is 1.03. The zero-order chi connectivity index (χ0) is 5.33. The molecule has 0 saturated carbocycles. The van der Waals surface area contributed by atoms with E-state index in [1.807, 2.05) is 14.1 Å². The number of hydrogen-bond acceptors (Lipinski definition) is 2. The van der Waals surface area contributed by atoms with Crippen molar-refractivity contribution in [2.24, 2.45) is 0 Å². The number of hydrogen-bond donors (Lipinski definition) is 1. The highest BCUT2D eigenvalue weighted by Crippen LogP contribution is 1.97. The number of nitrogens with zero attached hydrogens (tertiary/aromatic N) is 1. The Hall–Kier alpha value is -0.120. The fourth-order valence-corrected chi connectivity index (χ4v) is 0.634. The smallest absolute Gasteiger partial charge is 0.126 e. The Morgan fingerprint density at radius 2 is 2.29 bits per heavy atom. The summed E-state index contributed by atoms with van der Waals surface area (Å²) in [4.78, 5) is 5.17. The molecule has 0 aliphatic carbocycles. The SMILES string of the molecule is C[N+]1(C)NCCO1. The van der Waals surface area contributed by atoms with E-state index in [1.54, 1.807) is 0 Å². The van der Waals surface area contributed by atoms with Crippen LogP contribution in [0.3, 0.4) is 0 Å². The van der Waals surface area contributed by atoms with Gasteiger partial charge in [-0.3, -0.25) is 0 Å². The quantitative estimate of drug-likeness (QED) is 0.418. The Bertz CT molecular complexity index is 64.1. The molecule has 3 nitrogen and oxygen atoms in total. The van der Waals surface area contributed by atoms with Gasteiger partial charge in [0.1, 0.15) is 20.7 Å². The van der Waals surface area contributed by atoms with Crippen molar-refractivity contribution in [3.05, 3.63) is 0 Å². The molecule has 0 bridgehead atoms. The summed E-state index contributed by atoms with van der Waals surface area (Å²) in [6.45, 7) is 1.79. The Balaban J connectivity index is 2.40. The molecule has 1 aliphatic heterocycles. The highest BCUT2D eigenvalue weighted by Gasteiger charge is 2.21. The molecule has 0 aromatic carbocycles. The first-order chi connectivity index (χ1) is 3.21. The van der Waals surface area contributed by atoms with Gasteiger partial charge in [-0.05, 0) is 0 Å². The van der Waals surface area contributed by atoms with Gasteiger partial charge in [0.25, 0.3) is 0 Å². The maximum atomic E-state index is 5.17. The van der Waals surface area contributed by atoms with Gasteiger partial charge in [-0.1, -0.05) is 0 Å². The second-order valence-electron chi connectivity index (χ2n) is 2.09. The van der Waals surface area contributed by atoms with E-state index in [-0.39, 0.29) is 0 Å². The fourth-order valence-electron chi connectivity index (χ4n) is 0.634. The first kappa shape index (κ1) is 5.03. The van der Waals surface area contributed by atoms with Crippen LogP contribution in [0.2, 0.25) is 0 Å². The molecule has 0 atom stereocenters. The average Bonchev–Trinajstić information content (AvgIpc) is 1.84. The molecular formula is C4H11N2O+. The van der Waals surface area contributed by atoms with Gasteiger partial charge in [-0.2, -0.15) is 4.84 Å². The molecule has 0 aromatic heterocycles. The van der Waals surface area contributed by atoms with Gasteiger partial charge in [-0.25, -0.2) is 0 Å². The van der Waals surface area contributed by atoms with Gasteiger partial charge < -0.3 is 0 Å². The van der Waals surface area contributed by atoms with E-state index >= 15 is 0 Å². The first-order valence-corrected chi connectivity index (χ1v) is 2.44. The monoisotopic (exact) mass is 103 g/mol. The standard InChI is InChI=1S/C4H11N2O/c1-6(2)5-3-4-7-6/h5H,3-4H2,1-2H3/q+1. The summed E-state index contributed by atoms with van der Waals surface area (Å²) in [7, 11) is 3.93. The van der Waals surface area contributed by atoms with Crippen LogP contribution in [0.4, 0.5) is 0 Å². The van der Waals surface area contributed by atoms with E-state index in [9.17, 15) is 0 Å². The summed E-state index contributed by atoms with van der Waals surface area (Å²) in [6.07, 6.45) is 0. The topological polar surface area (TPSA) is 21.3 Å². The van der Waals surface area contributed by atoms with Gasteiger partial charge in [0.05, 0.1) is 6.54 Å². The molecule has 0 radical (unpaired) electrons. The maximum absolute atomic E-state index is 5.17. The predicted octanol–water partition coefficient (Wildman–Crippen LogP) is -0.487. The third-order valence-electron chi connectivity index (χ3n) is 1.01. The summed E-state index contributed by atoms with van der Waals surface area (Å²) in [5, 5.41) is 0. The van der Waals surface area contributed by atoms with Crippen LogP contribution in [0.15, 0.2) is 0 Å². The molecule has 1 rings (SSSR count). The van der Waals surface area contributed by atoms with Gasteiger partial charge in [0, 0.05) is 0 Å². The van der Waals surface area contributed by atoms with Crippen molar-refractivity contribution in [3.63, 3.8) is 0 Å². The van der Waals surface area contributed by atoms with E-state index in [0.717, 1.165) is 13.2 Å². The van der Waals surface area contributed by atoms with Crippen molar-refractivity contribution in [2.75, 3.05) is 27.2 Å². The molecule has 1 aliphatic rings. The van der Waals surface area contributed by atoms with Crippen molar-refractivity contribution in [3.8, 4) is 0 Å². The summed E-state index contributed by atoms with van der Waals surface area (Å²) >= 11 is 0. The Morgan fingerprint density at radius 1 is 1.57 bits per heavy atom.